The SMILES string of the molecule is CN(C)CCNC(=O)CN1CCc2ccccc21. The van der Waals surface area contributed by atoms with Gasteiger partial charge in [0.1, 0.15) is 0 Å². The average molecular weight is 247 g/mol. The molecule has 1 aliphatic rings. The molecule has 4 heteroatoms. The molecule has 18 heavy (non-hydrogen) atoms. The number of amides is 1. The van der Waals surface area contributed by atoms with Crippen molar-refractivity contribution in [3.05, 3.63) is 29.8 Å². The topological polar surface area (TPSA) is 35.6 Å². The fourth-order valence-electron chi connectivity index (χ4n) is 2.22. The quantitative estimate of drug-likeness (QED) is 0.833. The first-order chi connectivity index (χ1) is 8.66. The number of nitrogens with zero attached hydrogens (tertiary/aromatic N) is 2. The van der Waals surface area contributed by atoms with Gasteiger partial charge < -0.3 is 15.1 Å². The number of hydrogen-bond acceptors (Lipinski definition) is 3. The molecule has 0 fully saturated rings. The van der Waals surface area contributed by atoms with Gasteiger partial charge >= 0.3 is 0 Å². The van der Waals surface area contributed by atoms with Crippen LogP contribution in [-0.2, 0) is 11.2 Å². The highest BCUT2D eigenvalue weighted by Crippen LogP contribution is 2.26. The molecular formula is C14H21N3O. The van der Waals surface area contributed by atoms with E-state index >= 15 is 0 Å². The van der Waals surface area contributed by atoms with Crippen molar-refractivity contribution in [2.24, 2.45) is 0 Å². The van der Waals surface area contributed by atoms with Gasteiger partial charge in [0, 0.05) is 25.3 Å². The number of nitrogens with one attached hydrogen (secondary N) is 1. The Bertz CT molecular complexity index is 417. The summed E-state index contributed by atoms with van der Waals surface area (Å²) in [5.41, 5.74) is 2.55. The monoisotopic (exact) mass is 247 g/mol. The predicted octanol–water partition coefficient (Wildman–Crippen LogP) is 0.727. The molecule has 4 nitrogen and oxygen atoms in total. The van der Waals surface area contributed by atoms with E-state index in [1.165, 1.54) is 11.3 Å². The van der Waals surface area contributed by atoms with E-state index in [2.05, 4.69) is 33.3 Å². The van der Waals surface area contributed by atoms with Crippen LogP contribution < -0.4 is 10.2 Å². The lowest BCUT2D eigenvalue weighted by Gasteiger charge is -2.19. The zero-order valence-corrected chi connectivity index (χ0v) is 11.1. The second-order valence-corrected chi connectivity index (χ2v) is 4.95. The van der Waals surface area contributed by atoms with Crippen molar-refractivity contribution in [2.45, 2.75) is 6.42 Å². The minimum atomic E-state index is 0.105. The number of carbonyl (C=O) groups is 1. The second-order valence-electron chi connectivity index (χ2n) is 4.95. The molecule has 0 bridgehead atoms. The van der Waals surface area contributed by atoms with Gasteiger partial charge in [-0.05, 0) is 32.1 Å². The standard InChI is InChI=1S/C14H21N3O/c1-16(2)10-8-15-14(18)11-17-9-7-12-5-3-4-6-13(12)17/h3-6H,7-11H2,1-2H3,(H,15,18). The minimum absolute atomic E-state index is 0.105. The number of rotatable bonds is 5. The van der Waals surface area contributed by atoms with Crippen LogP contribution in [0.5, 0.6) is 0 Å². The minimum Gasteiger partial charge on any atom is -0.362 e. The fraction of sp³-hybridized carbons (Fsp3) is 0.500. The second kappa shape index (κ2) is 5.87. The highest BCUT2D eigenvalue weighted by atomic mass is 16.2. The zero-order chi connectivity index (χ0) is 13.0. The third kappa shape index (κ3) is 3.23. The Kier molecular flexibility index (Phi) is 4.20. The molecule has 0 unspecified atom stereocenters. The number of para-hydroxylation sites is 1. The summed E-state index contributed by atoms with van der Waals surface area (Å²) in [6, 6.07) is 8.31. The number of carbonyl (C=O) groups excluding carboxylic acids is 1. The Balaban J connectivity index is 1.82. The highest BCUT2D eigenvalue weighted by Gasteiger charge is 2.19. The van der Waals surface area contributed by atoms with E-state index in [1.54, 1.807) is 0 Å². The molecule has 1 amide bonds. The molecule has 0 spiro atoms. The summed E-state index contributed by atoms with van der Waals surface area (Å²) in [5, 5.41) is 2.95. The van der Waals surface area contributed by atoms with Crippen molar-refractivity contribution in [1.82, 2.24) is 10.2 Å². The van der Waals surface area contributed by atoms with E-state index in [1.807, 2.05) is 20.2 Å². The number of anilines is 1. The van der Waals surface area contributed by atoms with Crippen molar-refractivity contribution in [3.63, 3.8) is 0 Å². The van der Waals surface area contributed by atoms with Gasteiger partial charge in [-0.2, -0.15) is 0 Å². The number of fused-ring (bicyclic) bond motifs is 1. The molecule has 1 aromatic rings. The normalized spacial score (nSPS) is 13.8. The molecule has 1 aromatic carbocycles. The van der Waals surface area contributed by atoms with Gasteiger partial charge in [-0.15, -0.1) is 0 Å². The van der Waals surface area contributed by atoms with E-state index in [4.69, 9.17) is 0 Å². The van der Waals surface area contributed by atoms with Gasteiger partial charge in [0.05, 0.1) is 6.54 Å². The maximum atomic E-state index is 11.8. The summed E-state index contributed by atoms with van der Waals surface area (Å²) >= 11 is 0. The van der Waals surface area contributed by atoms with Crippen LogP contribution in [0.3, 0.4) is 0 Å². The zero-order valence-electron chi connectivity index (χ0n) is 11.1. The molecule has 0 aliphatic carbocycles. The van der Waals surface area contributed by atoms with Gasteiger partial charge in [-0.3, -0.25) is 4.79 Å². The number of benzene rings is 1. The van der Waals surface area contributed by atoms with Crippen molar-refractivity contribution >= 4 is 11.6 Å². The first-order valence-corrected chi connectivity index (χ1v) is 6.41. The van der Waals surface area contributed by atoms with E-state index in [-0.39, 0.29) is 5.91 Å². The summed E-state index contributed by atoms with van der Waals surface area (Å²) in [6.45, 7) is 2.99. The van der Waals surface area contributed by atoms with Gasteiger partial charge in [-0.1, -0.05) is 18.2 Å². The third-order valence-corrected chi connectivity index (χ3v) is 3.20. The van der Waals surface area contributed by atoms with Crippen LogP contribution >= 0.6 is 0 Å². The van der Waals surface area contributed by atoms with Crippen LogP contribution in [0, 0.1) is 0 Å². The molecule has 0 saturated heterocycles. The van der Waals surface area contributed by atoms with Crippen LogP contribution in [0.15, 0.2) is 24.3 Å². The van der Waals surface area contributed by atoms with Crippen molar-refractivity contribution < 1.29 is 4.79 Å². The Morgan fingerprint density at radius 2 is 2.17 bits per heavy atom. The van der Waals surface area contributed by atoms with E-state index < -0.39 is 0 Å². The molecule has 2 rings (SSSR count). The maximum Gasteiger partial charge on any atom is 0.239 e. The molecule has 98 valence electrons. The molecule has 0 radical (unpaired) electrons. The molecule has 0 saturated carbocycles. The lowest BCUT2D eigenvalue weighted by atomic mass is 10.2. The Morgan fingerprint density at radius 3 is 2.94 bits per heavy atom. The predicted molar refractivity (Wildman–Crippen MR) is 73.9 cm³/mol. The Morgan fingerprint density at radius 1 is 1.39 bits per heavy atom. The van der Waals surface area contributed by atoms with Gasteiger partial charge in [-0.25, -0.2) is 0 Å². The average Bonchev–Trinajstić information content (AvgIpc) is 2.72. The molecule has 0 aromatic heterocycles. The van der Waals surface area contributed by atoms with Crippen LogP contribution in [0.25, 0.3) is 0 Å². The number of likely N-dealkylation sites (N-methyl/N-ethyl adjacent to an activating group) is 1. The van der Waals surface area contributed by atoms with E-state index in [9.17, 15) is 4.79 Å². The first-order valence-electron chi connectivity index (χ1n) is 6.41. The molecule has 1 aliphatic heterocycles. The smallest absolute Gasteiger partial charge is 0.239 e. The van der Waals surface area contributed by atoms with Crippen LogP contribution in [0.4, 0.5) is 5.69 Å². The Labute approximate surface area is 109 Å². The summed E-state index contributed by atoms with van der Waals surface area (Å²) in [5.74, 6) is 0.105. The molecule has 1 N–H and O–H groups in total. The van der Waals surface area contributed by atoms with Crippen LogP contribution in [0.1, 0.15) is 5.56 Å². The lowest BCUT2D eigenvalue weighted by molar-refractivity contribution is -0.119. The molecular weight excluding hydrogens is 226 g/mol. The van der Waals surface area contributed by atoms with Crippen LogP contribution in [0.2, 0.25) is 0 Å². The van der Waals surface area contributed by atoms with Crippen molar-refractivity contribution in [2.75, 3.05) is 45.2 Å². The lowest BCUT2D eigenvalue weighted by Crippen LogP contribution is -2.39. The van der Waals surface area contributed by atoms with Gasteiger partial charge in [0.2, 0.25) is 5.91 Å². The van der Waals surface area contributed by atoms with Gasteiger partial charge in [0.15, 0.2) is 0 Å². The highest BCUT2D eigenvalue weighted by molar-refractivity contribution is 5.82. The third-order valence-electron chi connectivity index (χ3n) is 3.20. The van der Waals surface area contributed by atoms with E-state index in [0.717, 1.165) is 19.5 Å². The molecule has 0 atom stereocenters. The summed E-state index contributed by atoms with van der Waals surface area (Å²) in [4.78, 5) is 16.0. The van der Waals surface area contributed by atoms with E-state index in [0.29, 0.717) is 13.1 Å². The van der Waals surface area contributed by atoms with Gasteiger partial charge in [0.25, 0.3) is 0 Å². The van der Waals surface area contributed by atoms with Crippen molar-refractivity contribution in [3.8, 4) is 0 Å². The number of hydrogen-bond donors (Lipinski definition) is 1. The summed E-state index contributed by atoms with van der Waals surface area (Å²) in [6.07, 6.45) is 1.04. The first kappa shape index (κ1) is 12.9. The largest absolute Gasteiger partial charge is 0.362 e. The van der Waals surface area contributed by atoms with Crippen molar-refractivity contribution in [1.29, 1.82) is 0 Å². The summed E-state index contributed by atoms with van der Waals surface area (Å²) < 4.78 is 0. The fourth-order valence-corrected chi connectivity index (χ4v) is 2.22. The molecule has 1 heterocycles. The summed E-state index contributed by atoms with van der Waals surface area (Å²) in [7, 11) is 4.01. The maximum absolute atomic E-state index is 11.8. The Hall–Kier alpha value is -1.55. The van der Waals surface area contributed by atoms with Crippen LogP contribution in [-0.4, -0.2) is 51.1 Å².